The van der Waals surface area contributed by atoms with Gasteiger partial charge in [-0.3, -0.25) is 4.79 Å². The van der Waals surface area contributed by atoms with Crippen molar-refractivity contribution in [3.05, 3.63) is 24.0 Å². The number of hydrogen-bond donors (Lipinski definition) is 3. The first kappa shape index (κ1) is 14.7. The summed E-state index contributed by atoms with van der Waals surface area (Å²) < 4.78 is 36.1. The van der Waals surface area contributed by atoms with Crippen LogP contribution >= 0.6 is 0 Å². The molecule has 2 rings (SSSR count). The predicted molar refractivity (Wildman–Crippen MR) is 70.2 cm³/mol. The van der Waals surface area contributed by atoms with Gasteiger partial charge in [0.05, 0.1) is 17.0 Å². The summed E-state index contributed by atoms with van der Waals surface area (Å²) >= 11 is 0. The largest absolute Gasteiger partial charge is 0.481 e. The number of aliphatic carboxylic acids is 1. The van der Waals surface area contributed by atoms with E-state index in [0.717, 1.165) is 12.5 Å². The van der Waals surface area contributed by atoms with Gasteiger partial charge in [-0.2, -0.15) is 0 Å². The van der Waals surface area contributed by atoms with Crippen molar-refractivity contribution in [3.8, 4) is 0 Å². The van der Waals surface area contributed by atoms with E-state index < -0.39 is 27.3 Å². The zero-order chi connectivity index (χ0) is 15.0. The quantitative estimate of drug-likeness (QED) is 0.759. The van der Waals surface area contributed by atoms with E-state index in [1.165, 1.54) is 12.1 Å². The third-order valence-corrected chi connectivity index (χ3v) is 4.38. The minimum atomic E-state index is -3.96. The van der Waals surface area contributed by atoms with Crippen molar-refractivity contribution in [1.82, 2.24) is 0 Å². The van der Waals surface area contributed by atoms with Crippen LogP contribution in [0.5, 0.6) is 0 Å². The number of halogens is 1. The van der Waals surface area contributed by atoms with Crippen LogP contribution in [0.15, 0.2) is 23.1 Å². The van der Waals surface area contributed by atoms with E-state index in [4.69, 9.17) is 10.2 Å². The fourth-order valence-electron chi connectivity index (χ4n) is 2.30. The molecule has 0 amide bonds. The standard InChI is InChI=1S/C12H15FN2O4S/c13-9-6-8(20(14,18)19)2-3-10(9)15-12(4-1-5-12)7-11(16)17/h2-3,6,15H,1,4-5,7H2,(H,16,17)(H2,14,18,19). The van der Waals surface area contributed by atoms with Crippen LogP contribution in [0, 0.1) is 5.82 Å². The van der Waals surface area contributed by atoms with Gasteiger partial charge in [0.15, 0.2) is 0 Å². The van der Waals surface area contributed by atoms with E-state index in [-0.39, 0.29) is 17.0 Å². The Morgan fingerprint density at radius 2 is 2.10 bits per heavy atom. The first-order chi connectivity index (χ1) is 9.22. The lowest BCUT2D eigenvalue weighted by Gasteiger charge is -2.42. The van der Waals surface area contributed by atoms with Crippen LogP contribution in [-0.2, 0) is 14.8 Å². The lowest BCUT2D eigenvalue weighted by Crippen LogP contribution is -2.47. The van der Waals surface area contributed by atoms with Gasteiger partial charge in [-0.15, -0.1) is 0 Å². The number of carbonyl (C=O) groups is 1. The molecule has 0 spiro atoms. The highest BCUT2D eigenvalue weighted by molar-refractivity contribution is 7.89. The average molecular weight is 302 g/mol. The number of carboxylic acid groups (broad SMARTS) is 1. The lowest BCUT2D eigenvalue weighted by atomic mass is 9.74. The van der Waals surface area contributed by atoms with E-state index >= 15 is 0 Å². The Hall–Kier alpha value is -1.67. The van der Waals surface area contributed by atoms with E-state index in [0.29, 0.717) is 12.8 Å². The zero-order valence-electron chi connectivity index (χ0n) is 10.6. The number of primary sulfonamides is 1. The number of nitrogens with two attached hydrogens (primary N) is 1. The van der Waals surface area contributed by atoms with Crippen molar-refractivity contribution in [2.75, 3.05) is 5.32 Å². The van der Waals surface area contributed by atoms with Crippen molar-refractivity contribution < 1.29 is 22.7 Å². The third kappa shape index (κ3) is 3.07. The molecule has 0 unspecified atom stereocenters. The van der Waals surface area contributed by atoms with Crippen LogP contribution in [0.1, 0.15) is 25.7 Å². The SMILES string of the molecule is NS(=O)(=O)c1ccc(NC2(CC(=O)O)CCC2)c(F)c1. The first-order valence-electron chi connectivity index (χ1n) is 6.04. The Morgan fingerprint density at radius 3 is 2.50 bits per heavy atom. The normalized spacial score (nSPS) is 17.3. The van der Waals surface area contributed by atoms with Crippen molar-refractivity contribution >= 4 is 21.7 Å². The number of rotatable bonds is 5. The Bertz CT molecular complexity index is 641. The maximum absolute atomic E-state index is 13.9. The molecule has 1 aromatic rings. The molecule has 110 valence electrons. The molecule has 1 saturated carbocycles. The molecular formula is C12H15FN2O4S. The molecule has 0 aromatic heterocycles. The summed E-state index contributed by atoms with van der Waals surface area (Å²) in [4.78, 5) is 10.5. The van der Waals surface area contributed by atoms with Crippen molar-refractivity contribution in [2.24, 2.45) is 5.14 Å². The van der Waals surface area contributed by atoms with E-state index in [1.807, 2.05) is 0 Å². The van der Waals surface area contributed by atoms with E-state index in [1.54, 1.807) is 0 Å². The van der Waals surface area contributed by atoms with Crippen LogP contribution in [0.4, 0.5) is 10.1 Å². The monoisotopic (exact) mass is 302 g/mol. The molecule has 0 aliphatic heterocycles. The Balaban J connectivity index is 2.24. The molecule has 1 aromatic carbocycles. The second-order valence-electron chi connectivity index (χ2n) is 5.02. The van der Waals surface area contributed by atoms with Gasteiger partial charge in [0.2, 0.25) is 10.0 Å². The van der Waals surface area contributed by atoms with Crippen LogP contribution in [0.2, 0.25) is 0 Å². The van der Waals surface area contributed by atoms with Gasteiger partial charge in [-0.1, -0.05) is 0 Å². The van der Waals surface area contributed by atoms with Crippen LogP contribution < -0.4 is 10.5 Å². The number of benzene rings is 1. The molecule has 0 radical (unpaired) electrons. The Morgan fingerprint density at radius 1 is 1.45 bits per heavy atom. The lowest BCUT2D eigenvalue weighted by molar-refractivity contribution is -0.138. The summed E-state index contributed by atoms with van der Waals surface area (Å²) in [5.41, 5.74) is -0.575. The molecule has 0 bridgehead atoms. The molecular weight excluding hydrogens is 287 g/mol. The van der Waals surface area contributed by atoms with Crippen LogP contribution in [0.3, 0.4) is 0 Å². The third-order valence-electron chi connectivity index (χ3n) is 3.47. The molecule has 20 heavy (non-hydrogen) atoms. The maximum atomic E-state index is 13.9. The number of sulfonamides is 1. The topological polar surface area (TPSA) is 109 Å². The predicted octanol–water partition coefficient (Wildman–Crippen LogP) is 1.28. The summed E-state index contributed by atoms with van der Waals surface area (Å²) in [6.45, 7) is 0. The number of carboxylic acids is 1. The van der Waals surface area contributed by atoms with Gasteiger partial charge in [-0.25, -0.2) is 17.9 Å². The van der Waals surface area contributed by atoms with E-state index in [2.05, 4.69) is 5.32 Å². The second kappa shape index (κ2) is 5.02. The molecule has 8 heteroatoms. The van der Waals surface area contributed by atoms with Crippen molar-refractivity contribution in [1.29, 1.82) is 0 Å². The Labute approximate surface area is 115 Å². The first-order valence-corrected chi connectivity index (χ1v) is 7.59. The highest BCUT2D eigenvalue weighted by Crippen LogP contribution is 2.38. The molecule has 6 nitrogen and oxygen atoms in total. The van der Waals surface area contributed by atoms with Crippen LogP contribution in [0.25, 0.3) is 0 Å². The van der Waals surface area contributed by atoms with Crippen molar-refractivity contribution in [3.63, 3.8) is 0 Å². The zero-order valence-corrected chi connectivity index (χ0v) is 11.4. The number of anilines is 1. The van der Waals surface area contributed by atoms with E-state index in [9.17, 15) is 17.6 Å². The second-order valence-corrected chi connectivity index (χ2v) is 6.58. The molecule has 0 atom stereocenters. The molecule has 4 N–H and O–H groups in total. The summed E-state index contributed by atoms with van der Waals surface area (Å²) in [7, 11) is -3.96. The molecule has 1 aliphatic carbocycles. The minimum Gasteiger partial charge on any atom is -0.481 e. The maximum Gasteiger partial charge on any atom is 0.305 e. The molecule has 0 saturated heterocycles. The number of hydrogen-bond acceptors (Lipinski definition) is 4. The minimum absolute atomic E-state index is 0.0818. The Kier molecular flexibility index (Phi) is 3.70. The molecule has 0 heterocycles. The smallest absolute Gasteiger partial charge is 0.305 e. The average Bonchev–Trinajstić information content (AvgIpc) is 2.26. The summed E-state index contributed by atoms with van der Waals surface area (Å²) in [6, 6.07) is 3.27. The van der Waals surface area contributed by atoms with Gasteiger partial charge < -0.3 is 10.4 Å². The van der Waals surface area contributed by atoms with Gasteiger partial charge in [0.25, 0.3) is 0 Å². The van der Waals surface area contributed by atoms with Gasteiger partial charge in [0, 0.05) is 5.54 Å². The summed E-state index contributed by atoms with van der Waals surface area (Å²) in [5.74, 6) is -1.73. The fraction of sp³-hybridized carbons (Fsp3) is 0.417. The molecule has 1 aliphatic rings. The van der Waals surface area contributed by atoms with Gasteiger partial charge in [0.1, 0.15) is 5.82 Å². The summed E-state index contributed by atoms with van der Waals surface area (Å²) in [6.07, 6.45) is 2.03. The van der Waals surface area contributed by atoms with Gasteiger partial charge in [-0.05, 0) is 37.5 Å². The van der Waals surface area contributed by atoms with Crippen LogP contribution in [-0.4, -0.2) is 25.0 Å². The highest BCUT2D eigenvalue weighted by atomic mass is 32.2. The van der Waals surface area contributed by atoms with Gasteiger partial charge >= 0.3 is 5.97 Å². The van der Waals surface area contributed by atoms with Crippen molar-refractivity contribution in [2.45, 2.75) is 36.1 Å². The summed E-state index contributed by atoms with van der Waals surface area (Å²) in [5, 5.41) is 16.7. The number of nitrogens with one attached hydrogen (secondary N) is 1. The molecule has 1 fully saturated rings. The fourth-order valence-corrected chi connectivity index (χ4v) is 2.82. The highest BCUT2D eigenvalue weighted by Gasteiger charge is 2.39.